The Balaban J connectivity index is 2.56. The number of hydrogen-bond donors (Lipinski definition) is 2. The van der Waals surface area contributed by atoms with E-state index in [9.17, 15) is 14.7 Å². The molecule has 1 fully saturated rings. The second kappa shape index (κ2) is 6.28. The first-order valence-electron chi connectivity index (χ1n) is 6.06. The molecule has 5 heteroatoms. The summed E-state index contributed by atoms with van der Waals surface area (Å²) in [7, 11) is 0. The van der Waals surface area contributed by atoms with E-state index in [0.717, 1.165) is 19.3 Å². The van der Waals surface area contributed by atoms with Gasteiger partial charge in [0.15, 0.2) is 0 Å². The molecule has 0 spiro atoms. The SMILES string of the molecule is CSC(C)C(=O)NCC1(C(=O)O)CCCCC1. The van der Waals surface area contributed by atoms with Gasteiger partial charge in [0.05, 0.1) is 10.7 Å². The summed E-state index contributed by atoms with van der Waals surface area (Å²) in [6.07, 6.45) is 6.22. The number of carboxylic acids is 1. The predicted octanol–water partition coefficient (Wildman–Crippen LogP) is 1.89. The van der Waals surface area contributed by atoms with Gasteiger partial charge in [-0.1, -0.05) is 19.3 Å². The Morgan fingerprint density at radius 2 is 1.94 bits per heavy atom. The Bertz CT molecular complexity index is 287. The number of aliphatic carboxylic acids is 1. The summed E-state index contributed by atoms with van der Waals surface area (Å²) in [6, 6.07) is 0. The zero-order valence-corrected chi connectivity index (χ0v) is 11.3. The highest BCUT2D eigenvalue weighted by Crippen LogP contribution is 2.36. The van der Waals surface area contributed by atoms with Crippen LogP contribution in [0.4, 0.5) is 0 Å². The van der Waals surface area contributed by atoms with Gasteiger partial charge in [-0.05, 0) is 26.0 Å². The van der Waals surface area contributed by atoms with Crippen LogP contribution in [0.25, 0.3) is 0 Å². The molecule has 0 bridgehead atoms. The lowest BCUT2D eigenvalue weighted by Gasteiger charge is -2.33. The van der Waals surface area contributed by atoms with Gasteiger partial charge in [0.2, 0.25) is 5.91 Å². The minimum absolute atomic E-state index is 0.0660. The van der Waals surface area contributed by atoms with E-state index in [-0.39, 0.29) is 17.7 Å². The summed E-state index contributed by atoms with van der Waals surface area (Å²) < 4.78 is 0. The van der Waals surface area contributed by atoms with Crippen molar-refractivity contribution in [2.75, 3.05) is 12.8 Å². The normalized spacial score (nSPS) is 20.6. The van der Waals surface area contributed by atoms with Crippen molar-refractivity contribution in [2.24, 2.45) is 5.41 Å². The molecule has 0 aliphatic heterocycles. The number of thioether (sulfide) groups is 1. The maximum absolute atomic E-state index is 11.7. The van der Waals surface area contributed by atoms with Crippen LogP contribution in [0.1, 0.15) is 39.0 Å². The summed E-state index contributed by atoms with van der Waals surface area (Å²) in [5.41, 5.74) is -0.730. The van der Waals surface area contributed by atoms with Crippen LogP contribution in [0, 0.1) is 5.41 Å². The first-order valence-corrected chi connectivity index (χ1v) is 7.34. The third-order valence-corrected chi connectivity index (χ3v) is 4.51. The fourth-order valence-electron chi connectivity index (χ4n) is 2.20. The Kier molecular flexibility index (Phi) is 5.31. The van der Waals surface area contributed by atoms with Crippen LogP contribution >= 0.6 is 11.8 Å². The van der Waals surface area contributed by atoms with E-state index in [2.05, 4.69) is 5.32 Å². The van der Waals surface area contributed by atoms with Crippen molar-refractivity contribution < 1.29 is 14.7 Å². The first-order chi connectivity index (χ1) is 8.02. The van der Waals surface area contributed by atoms with Crippen LogP contribution in [-0.4, -0.2) is 35.0 Å². The van der Waals surface area contributed by atoms with Crippen molar-refractivity contribution in [3.05, 3.63) is 0 Å². The van der Waals surface area contributed by atoms with E-state index in [1.54, 1.807) is 0 Å². The molecule has 0 heterocycles. The van der Waals surface area contributed by atoms with Crippen molar-refractivity contribution in [1.29, 1.82) is 0 Å². The van der Waals surface area contributed by atoms with Crippen LogP contribution in [0.2, 0.25) is 0 Å². The van der Waals surface area contributed by atoms with Crippen molar-refractivity contribution >= 4 is 23.6 Å². The molecule has 1 rings (SSSR count). The average molecular weight is 259 g/mol. The van der Waals surface area contributed by atoms with E-state index in [1.165, 1.54) is 11.8 Å². The lowest BCUT2D eigenvalue weighted by Crippen LogP contribution is -2.46. The monoisotopic (exact) mass is 259 g/mol. The van der Waals surface area contributed by atoms with E-state index in [4.69, 9.17) is 0 Å². The van der Waals surface area contributed by atoms with Crippen molar-refractivity contribution in [3.8, 4) is 0 Å². The zero-order valence-electron chi connectivity index (χ0n) is 10.5. The molecule has 98 valence electrons. The number of carboxylic acid groups (broad SMARTS) is 1. The third-order valence-electron chi connectivity index (χ3n) is 3.59. The minimum Gasteiger partial charge on any atom is -0.481 e. The first kappa shape index (κ1) is 14.4. The molecular weight excluding hydrogens is 238 g/mol. The Morgan fingerprint density at radius 1 is 1.35 bits per heavy atom. The Morgan fingerprint density at radius 3 is 2.41 bits per heavy atom. The highest BCUT2D eigenvalue weighted by Gasteiger charge is 2.39. The van der Waals surface area contributed by atoms with Gasteiger partial charge in [0.1, 0.15) is 0 Å². The summed E-state index contributed by atoms with van der Waals surface area (Å²) in [5.74, 6) is -0.835. The Hall–Kier alpha value is -0.710. The van der Waals surface area contributed by atoms with Gasteiger partial charge in [0, 0.05) is 6.54 Å². The highest BCUT2D eigenvalue weighted by atomic mass is 32.2. The van der Waals surface area contributed by atoms with Crippen molar-refractivity contribution in [2.45, 2.75) is 44.3 Å². The molecule has 1 aliphatic carbocycles. The Labute approximate surface area is 107 Å². The van der Waals surface area contributed by atoms with Gasteiger partial charge < -0.3 is 10.4 Å². The van der Waals surface area contributed by atoms with Gasteiger partial charge >= 0.3 is 5.97 Å². The van der Waals surface area contributed by atoms with Gasteiger partial charge in [-0.25, -0.2) is 0 Å². The molecule has 1 saturated carbocycles. The number of carbonyl (C=O) groups excluding carboxylic acids is 1. The number of amides is 1. The molecule has 0 aromatic carbocycles. The second-order valence-electron chi connectivity index (χ2n) is 4.74. The van der Waals surface area contributed by atoms with Crippen LogP contribution in [0.3, 0.4) is 0 Å². The molecule has 1 unspecified atom stereocenters. The standard InChI is InChI=1S/C12H21NO3S/c1-9(17-2)10(14)13-8-12(11(15)16)6-4-3-5-7-12/h9H,3-8H2,1-2H3,(H,13,14)(H,15,16). The molecular formula is C12H21NO3S. The highest BCUT2D eigenvalue weighted by molar-refractivity contribution is 7.99. The molecule has 0 radical (unpaired) electrons. The van der Waals surface area contributed by atoms with Gasteiger partial charge in [-0.15, -0.1) is 0 Å². The minimum atomic E-state index is -0.769. The number of rotatable bonds is 5. The maximum Gasteiger partial charge on any atom is 0.311 e. The molecule has 4 nitrogen and oxygen atoms in total. The average Bonchev–Trinajstić information content (AvgIpc) is 2.35. The van der Waals surface area contributed by atoms with Crippen molar-refractivity contribution in [3.63, 3.8) is 0 Å². The van der Waals surface area contributed by atoms with Gasteiger partial charge in [0.25, 0.3) is 0 Å². The van der Waals surface area contributed by atoms with Crippen molar-refractivity contribution in [1.82, 2.24) is 5.32 Å². The molecule has 17 heavy (non-hydrogen) atoms. The smallest absolute Gasteiger partial charge is 0.311 e. The topological polar surface area (TPSA) is 66.4 Å². The number of nitrogens with one attached hydrogen (secondary N) is 1. The van der Waals surface area contributed by atoms with Crippen LogP contribution in [-0.2, 0) is 9.59 Å². The molecule has 1 aliphatic rings. The van der Waals surface area contributed by atoms with Gasteiger partial charge in [-0.2, -0.15) is 11.8 Å². The van der Waals surface area contributed by atoms with Crippen LogP contribution in [0.5, 0.6) is 0 Å². The molecule has 0 aromatic heterocycles. The summed E-state index contributed by atoms with van der Waals surface area (Å²) in [5, 5.41) is 12.0. The number of carbonyl (C=O) groups is 2. The van der Waals surface area contributed by atoms with Crippen LogP contribution in [0.15, 0.2) is 0 Å². The van der Waals surface area contributed by atoms with E-state index in [1.807, 2.05) is 13.2 Å². The molecule has 1 atom stereocenters. The predicted molar refractivity (Wildman–Crippen MR) is 69.1 cm³/mol. The molecule has 1 amide bonds. The molecule has 2 N–H and O–H groups in total. The second-order valence-corrected chi connectivity index (χ2v) is 5.92. The maximum atomic E-state index is 11.7. The van der Waals surface area contributed by atoms with Crippen LogP contribution < -0.4 is 5.32 Å². The fourth-order valence-corrected chi connectivity index (χ4v) is 2.50. The molecule has 0 aromatic rings. The quantitative estimate of drug-likeness (QED) is 0.791. The summed E-state index contributed by atoms with van der Waals surface area (Å²) in [4.78, 5) is 23.0. The lowest BCUT2D eigenvalue weighted by molar-refractivity contribution is -0.151. The van der Waals surface area contributed by atoms with E-state index < -0.39 is 11.4 Å². The summed E-state index contributed by atoms with van der Waals surface area (Å²) >= 11 is 1.47. The fraction of sp³-hybridized carbons (Fsp3) is 0.833. The van der Waals surface area contributed by atoms with E-state index in [0.29, 0.717) is 12.8 Å². The number of hydrogen-bond acceptors (Lipinski definition) is 3. The van der Waals surface area contributed by atoms with E-state index >= 15 is 0 Å². The molecule has 0 saturated heterocycles. The lowest BCUT2D eigenvalue weighted by atomic mass is 9.74. The summed E-state index contributed by atoms with van der Waals surface area (Å²) in [6.45, 7) is 2.10. The van der Waals surface area contributed by atoms with Gasteiger partial charge in [-0.3, -0.25) is 9.59 Å². The third kappa shape index (κ3) is 3.63. The largest absolute Gasteiger partial charge is 0.481 e. The zero-order chi connectivity index (χ0) is 12.9.